The van der Waals surface area contributed by atoms with Crippen LogP contribution in [-0.2, 0) is 11.2 Å². The molecule has 1 aromatic carbocycles. The Balaban J connectivity index is 1.69. The smallest absolute Gasteiger partial charge is 0.238 e. The first-order valence-electron chi connectivity index (χ1n) is 6.55. The minimum absolute atomic E-state index is 0.166. The summed E-state index contributed by atoms with van der Waals surface area (Å²) >= 11 is 5.87. The van der Waals surface area contributed by atoms with Gasteiger partial charge in [0.05, 0.1) is 12.1 Å². The van der Waals surface area contributed by atoms with Crippen molar-refractivity contribution in [3.63, 3.8) is 0 Å². The molecule has 1 unspecified atom stereocenters. The van der Waals surface area contributed by atoms with E-state index in [-0.39, 0.29) is 12.3 Å². The molecule has 0 saturated heterocycles. The van der Waals surface area contributed by atoms with E-state index in [0.29, 0.717) is 34.9 Å². The monoisotopic (exact) mass is 304 g/mol. The van der Waals surface area contributed by atoms with Crippen LogP contribution in [0.15, 0.2) is 22.6 Å². The van der Waals surface area contributed by atoms with Crippen LogP contribution in [-0.4, -0.2) is 22.5 Å². The van der Waals surface area contributed by atoms with Crippen molar-refractivity contribution in [3.8, 4) is 6.07 Å². The largest absolute Gasteiger partial charge is 0.441 e. The molecule has 108 valence electrons. The molecule has 1 aliphatic carbocycles. The van der Waals surface area contributed by atoms with Crippen molar-refractivity contribution in [2.24, 2.45) is 5.73 Å². The lowest BCUT2D eigenvalue weighted by Gasteiger charge is -2.13. The highest BCUT2D eigenvalue weighted by Gasteiger charge is 2.45. The number of nitriles is 1. The third-order valence-corrected chi connectivity index (χ3v) is 3.69. The van der Waals surface area contributed by atoms with Crippen LogP contribution >= 0.6 is 11.6 Å². The topological polar surface area (TPSA) is 105 Å². The average Bonchev–Trinajstić information content (AvgIpc) is 3.11. The number of nitrogens with zero attached hydrogens (tertiary/aromatic N) is 2. The van der Waals surface area contributed by atoms with Gasteiger partial charge in [-0.2, -0.15) is 5.26 Å². The molecule has 6 nitrogen and oxygen atoms in total. The highest BCUT2D eigenvalue weighted by molar-refractivity contribution is 6.31. The molecule has 1 aromatic heterocycles. The van der Waals surface area contributed by atoms with E-state index in [9.17, 15) is 4.79 Å². The molecule has 7 heteroatoms. The Kier molecular flexibility index (Phi) is 3.32. The van der Waals surface area contributed by atoms with Gasteiger partial charge in [0.1, 0.15) is 11.1 Å². The lowest BCUT2D eigenvalue weighted by atomic mass is 10.2. The molecule has 21 heavy (non-hydrogen) atoms. The van der Waals surface area contributed by atoms with Crippen LogP contribution in [0.25, 0.3) is 11.1 Å². The number of fused-ring (bicyclic) bond motifs is 1. The molecule has 0 radical (unpaired) electrons. The van der Waals surface area contributed by atoms with E-state index in [1.165, 1.54) is 0 Å². The maximum Gasteiger partial charge on any atom is 0.238 e. The Morgan fingerprint density at radius 1 is 1.62 bits per heavy atom. The Morgan fingerprint density at radius 3 is 3.05 bits per heavy atom. The molecule has 2 aromatic rings. The highest BCUT2D eigenvalue weighted by Crippen LogP contribution is 2.34. The number of oxazole rings is 1. The van der Waals surface area contributed by atoms with Crippen LogP contribution in [0.3, 0.4) is 0 Å². The Morgan fingerprint density at radius 2 is 2.38 bits per heavy atom. The fourth-order valence-electron chi connectivity index (χ4n) is 2.03. The van der Waals surface area contributed by atoms with E-state index >= 15 is 0 Å². The second-order valence-electron chi connectivity index (χ2n) is 5.21. The van der Waals surface area contributed by atoms with Crippen molar-refractivity contribution in [1.82, 2.24) is 10.3 Å². The zero-order chi connectivity index (χ0) is 15.0. The highest BCUT2D eigenvalue weighted by atomic mass is 35.5. The van der Waals surface area contributed by atoms with E-state index in [4.69, 9.17) is 27.0 Å². The molecule has 1 atom stereocenters. The molecular formula is C14H13ClN4O2. The van der Waals surface area contributed by atoms with E-state index in [2.05, 4.69) is 16.4 Å². The predicted octanol–water partition coefficient (Wildman–Crippen LogP) is 1.52. The predicted molar refractivity (Wildman–Crippen MR) is 76.4 cm³/mol. The Labute approximate surface area is 125 Å². The Hall–Kier alpha value is -2.10. The first-order chi connectivity index (χ1) is 10.0. The summed E-state index contributed by atoms with van der Waals surface area (Å²) in [5.74, 6) is 0.00561. The Bertz CT molecular complexity index is 745. The van der Waals surface area contributed by atoms with Crippen LogP contribution in [0.5, 0.6) is 0 Å². The van der Waals surface area contributed by atoms with Gasteiger partial charge in [0.2, 0.25) is 5.91 Å². The summed E-state index contributed by atoms with van der Waals surface area (Å²) < 4.78 is 5.52. The van der Waals surface area contributed by atoms with Gasteiger partial charge in [0.15, 0.2) is 11.5 Å². The fourth-order valence-corrected chi connectivity index (χ4v) is 2.19. The number of nitrogens with one attached hydrogen (secondary N) is 1. The van der Waals surface area contributed by atoms with Gasteiger partial charge >= 0.3 is 0 Å². The molecular weight excluding hydrogens is 292 g/mol. The van der Waals surface area contributed by atoms with E-state index in [0.717, 1.165) is 0 Å². The van der Waals surface area contributed by atoms with Crippen molar-refractivity contribution in [3.05, 3.63) is 29.1 Å². The molecule has 1 fully saturated rings. The quantitative estimate of drug-likeness (QED) is 0.891. The van der Waals surface area contributed by atoms with Crippen molar-refractivity contribution in [1.29, 1.82) is 5.26 Å². The summed E-state index contributed by atoms with van der Waals surface area (Å²) in [4.78, 5) is 16.2. The molecule has 3 N–H and O–H groups in total. The number of aromatic nitrogens is 1. The summed E-state index contributed by atoms with van der Waals surface area (Å²) in [6.07, 6.45) is 1.51. The van der Waals surface area contributed by atoms with E-state index in [1.807, 2.05) is 0 Å². The molecule has 0 aliphatic heterocycles. The van der Waals surface area contributed by atoms with Gasteiger partial charge in [0.25, 0.3) is 0 Å². The lowest BCUT2D eigenvalue weighted by Crippen LogP contribution is -2.47. The van der Waals surface area contributed by atoms with Crippen molar-refractivity contribution >= 4 is 28.6 Å². The standard InChI is InChI=1S/C14H13ClN4O2/c15-8-1-2-10-11(5-8)21-12(18-10)6-9(17)13(20)19-14(7-16)3-4-14/h1-2,5,9H,3-4,6,17H2,(H,19,20). The third kappa shape index (κ3) is 2.84. The van der Waals surface area contributed by atoms with Gasteiger partial charge in [-0.1, -0.05) is 11.6 Å². The number of halogens is 1. The van der Waals surface area contributed by atoms with E-state index < -0.39 is 11.6 Å². The number of carbonyl (C=O) groups is 1. The molecule has 1 saturated carbocycles. The number of hydrogen-bond donors (Lipinski definition) is 2. The van der Waals surface area contributed by atoms with Crippen molar-refractivity contribution < 1.29 is 9.21 Å². The number of rotatable bonds is 4. The number of benzene rings is 1. The minimum Gasteiger partial charge on any atom is -0.441 e. The molecule has 1 aliphatic rings. The average molecular weight is 305 g/mol. The van der Waals surface area contributed by atoms with Gasteiger partial charge in [-0.05, 0) is 25.0 Å². The van der Waals surface area contributed by atoms with Crippen LogP contribution in [0, 0.1) is 11.3 Å². The molecule has 0 bridgehead atoms. The van der Waals surface area contributed by atoms with Crippen LogP contribution in [0.1, 0.15) is 18.7 Å². The first-order valence-corrected chi connectivity index (χ1v) is 6.93. The summed E-state index contributed by atoms with van der Waals surface area (Å²) in [5.41, 5.74) is 6.35. The van der Waals surface area contributed by atoms with Gasteiger partial charge in [-0.25, -0.2) is 4.98 Å². The number of hydrogen-bond acceptors (Lipinski definition) is 5. The number of carbonyl (C=O) groups excluding carboxylic acids is 1. The van der Waals surface area contributed by atoms with Crippen LogP contribution in [0.2, 0.25) is 5.02 Å². The van der Waals surface area contributed by atoms with Gasteiger partial charge < -0.3 is 15.5 Å². The third-order valence-electron chi connectivity index (χ3n) is 3.45. The van der Waals surface area contributed by atoms with Crippen molar-refractivity contribution in [2.45, 2.75) is 30.8 Å². The zero-order valence-corrected chi connectivity index (χ0v) is 11.9. The van der Waals surface area contributed by atoms with Crippen LogP contribution < -0.4 is 11.1 Å². The second-order valence-corrected chi connectivity index (χ2v) is 5.65. The van der Waals surface area contributed by atoms with Gasteiger partial charge in [0, 0.05) is 17.5 Å². The normalized spacial score (nSPS) is 17.2. The van der Waals surface area contributed by atoms with E-state index in [1.54, 1.807) is 18.2 Å². The number of amides is 1. The lowest BCUT2D eigenvalue weighted by molar-refractivity contribution is -0.123. The molecule has 0 spiro atoms. The second kappa shape index (κ2) is 5.02. The zero-order valence-electron chi connectivity index (χ0n) is 11.1. The fraction of sp³-hybridized carbons (Fsp3) is 0.357. The van der Waals surface area contributed by atoms with Crippen molar-refractivity contribution in [2.75, 3.05) is 0 Å². The first kappa shape index (κ1) is 13.9. The van der Waals surface area contributed by atoms with Crippen LogP contribution in [0.4, 0.5) is 0 Å². The van der Waals surface area contributed by atoms with Gasteiger partial charge in [-0.15, -0.1) is 0 Å². The SMILES string of the molecule is N#CC1(NC(=O)C(N)Cc2nc3ccc(Cl)cc3o2)CC1. The maximum absolute atomic E-state index is 12.0. The summed E-state index contributed by atoms with van der Waals surface area (Å²) in [5, 5.41) is 12.2. The summed E-state index contributed by atoms with van der Waals surface area (Å²) in [7, 11) is 0. The molecule has 1 heterocycles. The summed E-state index contributed by atoms with van der Waals surface area (Å²) in [6.45, 7) is 0. The maximum atomic E-state index is 12.0. The summed E-state index contributed by atoms with van der Waals surface area (Å²) in [6, 6.07) is 6.40. The molecule has 3 rings (SSSR count). The molecule has 1 amide bonds. The minimum atomic E-state index is -0.806. The number of nitrogens with two attached hydrogens (primary N) is 1. The van der Waals surface area contributed by atoms with Gasteiger partial charge in [-0.3, -0.25) is 4.79 Å².